The number of rotatable bonds is 5. The molecule has 2 rings (SSSR count). The van der Waals surface area contributed by atoms with Crippen molar-refractivity contribution in [3.8, 4) is 11.5 Å². The second-order valence-electron chi connectivity index (χ2n) is 4.91. The van der Waals surface area contributed by atoms with Gasteiger partial charge in [-0.2, -0.15) is 0 Å². The lowest BCUT2D eigenvalue weighted by molar-refractivity contribution is 0.284. The molecule has 0 aliphatic rings. The van der Waals surface area contributed by atoms with E-state index in [0.29, 0.717) is 6.61 Å². The first-order valence-electron chi connectivity index (χ1n) is 6.68. The number of allylic oxidation sites excluding steroid dienone is 1. The van der Waals surface area contributed by atoms with Gasteiger partial charge >= 0.3 is 0 Å². The highest BCUT2D eigenvalue weighted by atomic mass is 16.5. The zero-order valence-electron chi connectivity index (χ0n) is 12.2. The van der Waals surface area contributed by atoms with E-state index in [4.69, 9.17) is 9.47 Å². The molecular formula is C18H20O2. The maximum Gasteiger partial charge on any atom is 0.161 e. The van der Waals surface area contributed by atoms with Gasteiger partial charge < -0.3 is 9.47 Å². The van der Waals surface area contributed by atoms with Crippen molar-refractivity contribution in [3.05, 3.63) is 65.2 Å². The summed E-state index contributed by atoms with van der Waals surface area (Å²) in [5, 5.41) is 0. The number of hydrogen-bond donors (Lipinski definition) is 0. The molecule has 2 heteroatoms. The minimum Gasteiger partial charge on any atom is -0.493 e. The van der Waals surface area contributed by atoms with Gasteiger partial charge in [0.1, 0.15) is 6.61 Å². The molecule has 0 fully saturated rings. The summed E-state index contributed by atoms with van der Waals surface area (Å²) in [6.45, 7) is 4.69. The third-order valence-electron chi connectivity index (χ3n) is 2.88. The Morgan fingerprint density at radius 3 is 2.40 bits per heavy atom. The van der Waals surface area contributed by atoms with Gasteiger partial charge in [-0.1, -0.05) is 48.0 Å². The SMILES string of the molecule is COc1cc(C=C(C)C)ccc1OCc1ccccc1. The van der Waals surface area contributed by atoms with E-state index in [1.165, 1.54) is 5.57 Å². The fourth-order valence-electron chi connectivity index (χ4n) is 1.96. The Balaban J connectivity index is 2.13. The molecule has 0 unspecified atom stereocenters. The second-order valence-corrected chi connectivity index (χ2v) is 4.91. The first kappa shape index (κ1) is 14.2. The van der Waals surface area contributed by atoms with Crippen LogP contribution in [0, 0.1) is 0 Å². The molecule has 0 aromatic heterocycles. The van der Waals surface area contributed by atoms with E-state index >= 15 is 0 Å². The van der Waals surface area contributed by atoms with Crippen LogP contribution >= 0.6 is 0 Å². The standard InChI is InChI=1S/C18H20O2/c1-14(2)11-16-9-10-17(18(12-16)19-3)20-13-15-7-5-4-6-8-15/h4-12H,13H2,1-3H3. The van der Waals surface area contributed by atoms with Crippen molar-refractivity contribution >= 4 is 6.08 Å². The first-order chi connectivity index (χ1) is 9.69. The molecule has 0 aliphatic heterocycles. The normalized spacial score (nSPS) is 9.95. The smallest absolute Gasteiger partial charge is 0.161 e. The molecule has 0 aliphatic carbocycles. The van der Waals surface area contributed by atoms with Crippen LogP contribution in [0.25, 0.3) is 6.08 Å². The van der Waals surface area contributed by atoms with Crippen LogP contribution < -0.4 is 9.47 Å². The minimum atomic E-state index is 0.541. The maximum atomic E-state index is 5.83. The van der Waals surface area contributed by atoms with Crippen LogP contribution in [0.2, 0.25) is 0 Å². The molecular weight excluding hydrogens is 248 g/mol. The summed E-state index contributed by atoms with van der Waals surface area (Å²) < 4.78 is 11.2. The van der Waals surface area contributed by atoms with Crippen LogP contribution in [0.3, 0.4) is 0 Å². The molecule has 0 atom stereocenters. The molecule has 0 saturated carbocycles. The van der Waals surface area contributed by atoms with Crippen molar-refractivity contribution < 1.29 is 9.47 Å². The average molecular weight is 268 g/mol. The van der Waals surface area contributed by atoms with Crippen molar-refractivity contribution in [2.24, 2.45) is 0 Å². The van der Waals surface area contributed by atoms with E-state index < -0.39 is 0 Å². The van der Waals surface area contributed by atoms with Crippen LogP contribution in [-0.2, 0) is 6.61 Å². The van der Waals surface area contributed by atoms with Crippen molar-refractivity contribution in [2.75, 3.05) is 7.11 Å². The first-order valence-corrected chi connectivity index (χ1v) is 6.68. The van der Waals surface area contributed by atoms with Crippen LogP contribution in [0.5, 0.6) is 11.5 Å². The van der Waals surface area contributed by atoms with Crippen LogP contribution in [0.1, 0.15) is 25.0 Å². The summed E-state index contributed by atoms with van der Waals surface area (Å²) in [4.78, 5) is 0. The van der Waals surface area contributed by atoms with Crippen molar-refractivity contribution in [2.45, 2.75) is 20.5 Å². The summed E-state index contributed by atoms with van der Waals surface area (Å²) in [5.41, 5.74) is 3.52. The van der Waals surface area contributed by atoms with Gasteiger partial charge in [0, 0.05) is 0 Å². The second kappa shape index (κ2) is 6.80. The summed E-state index contributed by atoms with van der Waals surface area (Å²) in [6.07, 6.45) is 2.11. The zero-order chi connectivity index (χ0) is 14.4. The lowest BCUT2D eigenvalue weighted by atomic mass is 10.1. The number of ether oxygens (including phenoxy) is 2. The number of hydrogen-bond acceptors (Lipinski definition) is 2. The van der Waals surface area contributed by atoms with Crippen LogP contribution in [0.4, 0.5) is 0 Å². The topological polar surface area (TPSA) is 18.5 Å². The van der Waals surface area contributed by atoms with Gasteiger partial charge in [-0.15, -0.1) is 0 Å². The van der Waals surface area contributed by atoms with E-state index in [-0.39, 0.29) is 0 Å². The van der Waals surface area contributed by atoms with E-state index in [1.54, 1.807) is 7.11 Å². The summed E-state index contributed by atoms with van der Waals surface area (Å²) in [6, 6.07) is 16.1. The monoisotopic (exact) mass is 268 g/mol. The average Bonchev–Trinajstić information content (AvgIpc) is 2.46. The Morgan fingerprint density at radius 2 is 1.75 bits per heavy atom. The largest absolute Gasteiger partial charge is 0.493 e. The fourth-order valence-corrected chi connectivity index (χ4v) is 1.96. The molecule has 2 aromatic carbocycles. The highest BCUT2D eigenvalue weighted by molar-refractivity contribution is 5.57. The number of benzene rings is 2. The van der Waals surface area contributed by atoms with Gasteiger partial charge in [-0.05, 0) is 37.1 Å². The van der Waals surface area contributed by atoms with Crippen molar-refractivity contribution in [3.63, 3.8) is 0 Å². The molecule has 0 bridgehead atoms. The Labute approximate surface area is 120 Å². The van der Waals surface area contributed by atoms with Gasteiger partial charge in [-0.25, -0.2) is 0 Å². The van der Waals surface area contributed by atoms with Crippen molar-refractivity contribution in [1.82, 2.24) is 0 Å². The van der Waals surface area contributed by atoms with Crippen LogP contribution in [-0.4, -0.2) is 7.11 Å². The van der Waals surface area contributed by atoms with Gasteiger partial charge in [0.05, 0.1) is 7.11 Å². The Hall–Kier alpha value is -2.22. The third-order valence-corrected chi connectivity index (χ3v) is 2.88. The highest BCUT2D eigenvalue weighted by Gasteiger charge is 2.05. The van der Waals surface area contributed by atoms with E-state index in [9.17, 15) is 0 Å². The van der Waals surface area contributed by atoms with E-state index in [1.807, 2.05) is 48.5 Å². The summed E-state index contributed by atoms with van der Waals surface area (Å²) in [5.74, 6) is 1.53. The van der Waals surface area contributed by atoms with Gasteiger partial charge in [-0.3, -0.25) is 0 Å². The quantitative estimate of drug-likeness (QED) is 0.782. The molecule has 0 amide bonds. The predicted molar refractivity (Wildman–Crippen MR) is 83.1 cm³/mol. The van der Waals surface area contributed by atoms with Gasteiger partial charge in [0.2, 0.25) is 0 Å². The highest BCUT2D eigenvalue weighted by Crippen LogP contribution is 2.29. The molecule has 2 nitrogen and oxygen atoms in total. The molecule has 0 spiro atoms. The third kappa shape index (κ3) is 3.89. The maximum absolute atomic E-state index is 5.83. The molecule has 0 radical (unpaired) electrons. The Kier molecular flexibility index (Phi) is 4.83. The van der Waals surface area contributed by atoms with E-state index in [2.05, 4.69) is 19.9 Å². The van der Waals surface area contributed by atoms with E-state index in [0.717, 1.165) is 22.6 Å². The molecule has 104 valence electrons. The Morgan fingerprint density at radius 1 is 1.00 bits per heavy atom. The molecule has 2 aromatic rings. The molecule has 0 N–H and O–H groups in total. The van der Waals surface area contributed by atoms with Crippen molar-refractivity contribution in [1.29, 1.82) is 0 Å². The summed E-state index contributed by atoms with van der Waals surface area (Å²) >= 11 is 0. The lowest BCUT2D eigenvalue weighted by Gasteiger charge is -2.11. The number of methoxy groups -OCH3 is 1. The predicted octanol–water partition coefficient (Wildman–Crippen LogP) is 4.70. The molecule has 0 heterocycles. The Bertz CT molecular complexity index is 582. The zero-order valence-corrected chi connectivity index (χ0v) is 12.2. The fraction of sp³-hybridized carbons (Fsp3) is 0.222. The lowest BCUT2D eigenvalue weighted by Crippen LogP contribution is -1.97. The molecule has 0 saturated heterocycles. The minimum absolute atomic E-state index is 0.541. The van der Waals surface area contributed by atoms with Gasteiger partial charge in [0.25, 0.3) is 0 Å². The molecule has 20 heavy (non-hydrogen) atoms. The summed E-state index contributed by atoms with van der Waals surface area (Å²) in [7, 11) is 1.66. The van der Waals surface area contributed by atoms with Gasteiger partial charge in [0.15, 0.2) is 11.5 Å². The van der Waals surface area contributed by atoms with Crippen LogP contribution in [0.15, 0.2) is 54.1 Å².